The Labute approximate surface area is 123 Å². The van der Waals surface area contributed by atoms with E-state index < -0.39 is 0 Å². The summed E-state index contributed by atoms with van der Waals surface area (Å²) >= 11 is 12.8. The summed E-state index contributed by atoms with van der Waals surface area (Å²) in [6, 6.07) is 3.95. The van der Waals surface area contributed by atoms with Gasteiger partial charge in [0.2, 0.25) is 0 Å². The zero-order valence-corrected chi connectivity index (χ0v) is 13.1. The first-order valence-electron chi connectivity index (χ1n) is 5.49. The fourth-order valence-corrected chi connectivity index (χ4v) is 3.44. The lowest BCUT2D eigenvalue weighted by molar-refractivity contribution is 0.0674. The Kier molecular flexibility index (Phi) is 5.15. The maximum atomic E-state index is 5.80. The molecular weight excluding hydrogens is 371 g/mol. The van der Waals surface area contributed by atoms with E-state index in [-0.39, 0.29) is 6.10 Å². The molecule has 0 aliphatic carbocycles. The van der Waals surface area contributed by atoms with Crippen LogP contribution in [0, 0.1) is 0 Å². The van der Waals surface area contributed by atoms with Crippen molar-refractivity contribution >= 4 is 43.5 Å². The topological polar surface area (TPSA) is 18.5 Å². The molecule has 1 aromatic rings. The van der Waals surface area contributed by atoms with E-state index in [4.69, 9.17) is 21.1 Å². The molecule has 1 heterocycles. The molecule has 0 saturated carbocycles. The van der Waals surface area contributed by atoms with Crippen molar-refractivity contribution in [1.29, 1.82) is 0 Å². The lowest BCUT2D eigenvalue weighted by Crippen LogP contribution is -2.16. The molecule has 0 radical (unpaired) electrons. The monoisotopic (exact) mass is 382 g/mol. The molecule has 0 bridgehead atoms. The van der Waals surface area contributed by atoms with Crippen molar-refractivity contribution in [3.8, 4) is 5.75 Å². The second kappa shape index (κ2) is 6.41. The maximum Gasteiger partial charge on any atom is 0.147 e. The van der Waals surface area contributed by atoms with Gasteiger partial charge in [0.25, 0.3) is 0 Å². The van der Waals surface area contributed by atoms with Crippen LogP contribution in [0.2, 0.25) is 0 Å². The molecule has 0 aromatic heterocycles. The summed E-state index contributed by atoms with van der Waals surface area (Å²) in [4.78, 5) is 0. The molecule has 2 rings (SSSR count). The van der Waals surface area contributed by atoms with E-state index in [1.165, 1.54) is 0 Å². The molecule has 1 atom stereocenters. The highest BCUT2D eigenvalue weighted by Gasteiger charge is 2.17. The molecule has 1 saturated heterocycles. The van der Waals surface area contributed by atoms with E-state index in [2.05, 4.69) is 31.9 Å². The highest BCUT2D eigenvalue weighted by atomic mass is 79.9. The fourth-order valence-electron chi connectivity index (χ4n) is 1.78. The third-order valence-electron chi connectivity index (χ3n) is 2.65. The molecule has 1 fully saturated rings. The number of ether oxygens (including phenoxy) is 2. The van der Waals surface area contributed by atoms with Crippen LogP contribution in [0.4, 0.5) is 0 Å². The van der Waals surface area contributed by atoms with Gasteiger partial charge in [-0.1, -0.05) is 0 Å². The van der Waals surface area contributed by atoms with E-state index in [0.717, 1.165) is 39.7 Å². The van der Waals surface area contributed by atoms with Crippen molar-refractivity contribution in [2.45, 2.75) is 24.8 Å². The number of hydrogen-bond acceptors (Lipinski definition) is 2. The van der Waals surface area contributed by atoms with E-state index in [9.17, 15) is 0 Å². The van der Waals surface area contributed by atoms with Gasteiger partial charge in [-0.05, 0) is 62.4 Å². The number of hydrogen-bond donors (Lipinski definition) is 0. The van der Waals surface area contributed by atoms with Gasteiger partial charge in [0.1, 0.15) is 12.4 Å². The van der Waals surface area contributed by atoms with Crippen LogP contribution < -0.4 is 4.74 Å². The Morgan fingerprint density at radius 3 is 2.59 bits per heavy atom. The molecule has 0 N–H and O–H groups in total. The molecule has 0 spiro atoms. The summed E-state index contributed by atoms with van der Waals surface area (Å²) in [7, 11) is 0. The van der Waals surface area contributed by atoms with Crippen LogP contribution in [0.3, 0.4) is 0 Å². The van der Waals surface area contributed by atoms with Crippen LogP contribution in [-0.2, 0) is 10.6 Å². The van der Waals surface area contributed by atoms with Crippen LogP contribution >= 0.6 is 43.5 Å². The van der Waals surface area contributed by atoms with Gasteiger partial charge in [0.05, 0.1) is 15.0 Å². The van der Waals surface area contributed by atoms with Gasteiger partial charge in [0.15, 0.2) is 0 Å². The van der Waals surface area contributed by atoms with Gasteiger partial charge in [-0.2, -0.15) is 0 Å². The van der Waals surface area contributed by atoms with Crippen LogP contribution in [0.1, 0.15) is 18.4 Å². The molecule has 94 valence electrons. The van der Waals surface area contributed by atoms with Gasteiger partial charge in [-0.25, -0.2) is 0 Å². The van der Waals surface area contributed by atoms with Crippen molar-refractivity contribution in [3.05, 3.63) is 26.6 Å². The number of alkyl halides is 1. The summed E-state index contributed by atoms with van der Waals surface area (Å²) in [5.74, 6) is 1.30. The number of rotatable bonds is 4. The number of halogens is 3. The second-order valence-electron chi connectivity index (χ2n) is 3.97. The lowest BCUT2D eigenvalue weighted by atomic mass is 10.2. The highest BCUT2D eigenvalue weighted by Crippen LogP contribution is 2.35. The molecule has 2 nitrogen and oxygen atoms in total. The van der Waals surface area contributed by atoms with Crippen LogP contribution in [0.15, 0.2) is 21.1 Å². The fraction of sp³-hybridized carbons (Fsp3) is 0.500. The smallest absolute Gasteiger partial charge is 0.147 e. The van der Waals surface area contributed by atoms with Gasteiger partial charge in [-0.3, -0.25) is 0 Å². The third kappa shape index (κ3) is 3.60. The average molecular weight is 384 g/mol. The molecule has 1 unspecified atom stereocenters. The molecule has 1 aromatic carbocycles. The average Bonchev–Trinajstić information content (AvgIpc) is 2.80. The van der Waals surface area contributed by atoms with E-state index in [0.29, 0.717) is 12.5 Å². The zero-order valence-electron chi connectivity index (χ0n) is 9.22. The van der Waals surface area contributed by atoms with E-state index in [1.807, 2.05) is 12.1 Å². The minimum atomic E-state index is 0.224. The minimum absolute atomic E-state index is 0.224. The Morgan fingerprint density at radius 1 is 1.35 bits per heavy atom. The standard InChI is InChI=1S/C12H13Br2ClO2/c13-10-4-8(6-15)5-11(14)12(10)17-7-9-2-1-3-16-9/h4-5,9H,1-3,6-7H2. The summed E-state index contributed by atoms with van der Waals surface area (Å²) in [5.41, 5.74) is 1.05. The second-order valence-corrected chi connectivity index (χ2v) is 5.94. The minimum Gasteiger partial charge on any atom is -0.489 e. The quantitative estimate of drug-likeness (QED) is 0.711. The summed E-state index contributed by atoms with van der Waals surface area (Å²) < 4.78 is 13.1. The predicted molar refractivity (Wildman–Crippen MR) is 75.9 cm³/mol. The summed E-state index contributed by atoms with van der Waals surface area (Å²) in [5, 5.41) is 0. The van der Waals surface area contributed by atoms with E-state index >= 15 is 0 Å². The largest absolute Gasteiger partial charge is 0.489 e. The van der Waals surface area contributed by atoms with Crippen molar-refractivity contribution in [2.75, 3.05) is 13.2 Å². The lowest BCUT2D eigenvalue weighted by Gasteiger charge is -2.14. The summed E-state index contributed by atoms with van der Waals surface area (Å²) in [6.07, 6.45) is 2.43. The Morgan fingerprint density at radius 2 is 2.06 bits per heavy atom. The van der Waals surface area contributed by atoms with Gasteiger partial charge in [-0.15, -0.1) is 11.6 Å². The third-order valence-corrected chi connectivity index (χ3v) is 4.14. The van der Waals surface area contributed by atoms with Gasteiger partial charge < -0.3 is 9.47 Å². The maximum absolute atomic E-state index is 5.80. The molecule has 1 aliphatic heterocycles. The number of benzene rings is 1. The molecule has 1 aliphatic rings. The Bertz CT molecular complexity index is 369. The van der Waals surface area contributed by atoms with Crippen molar-refractivity contribution in [2.24, 2.45) is 0 Å². The first-order valence-corrected chi connectivity index (χ1v) is 7.61. The SMILES string of the molecule is ClCc1cc(Br)c(OCC2CCCO2)c(Br)c1. The normalized spacial score (nSPS) is 19.6. The highest BCUT2D eigenvalue weighted by molar-refractivity contribution is 9.11. The molecule has 0 amide bonds. The summed E-state index contributed by atoms with van der Waals surface area (Å²) in [6.45, 7) is 1.44. The van der Waals surface area contributed by atoms with Gasteiger partial charge in [0, 0.05) is 12.5 Å². The predicted octanol–water partition coefficient (Wildman–Crippen LogP) is 4.51. The Balaban J connectivity index is 2.04. The molecular formula is C12H13Br2ClO2. The van der Waals surface area contributed by atoms with Gasteiger partial charge >= 0.3 is 0 Å². The molecule has 5 heteroatoms. The zero-order chi connectivity index (χ0) is 12.3. The molecule has 17 heavy (non-hydrogen) atoms. The van der Waals surface area contributed by atoms with Crippen LogP contribution in [0.25, 0.3) is 0 Å². The van der Waals surface area contributed by atoms with Crippen LogP contribution in [0.5, 0.6) is 5.75 Å². The van der Waals surface area contributed by atoms with Crippen molar-refractivity contribution in [1.82, 2.24) is 0 Å². The van der Waals surface area contributed by atoms with Crippen molar-refractivity contribution < 1.29 is 9.47 Å². The Hall–Kier alpha value is 0.230. The van der Waals surface area contributed by atoms with E-state index in [1.54, 1.807) is 0 Å². The van der Waals surface area contributed by atoms with Crippen LogP contribution in [-0.4, -0.2) is 19.3 Å². The first-order chi connectivity index (χ1) is 8.20. The first kappa shape index (κ1) is 13.7. The van der Waals surface area contributed by atoms with Crippen molar-refractivity contribution in [3.63, 3.8) is 0 Å².